The molecule has 1 rings (SSSR count). The van der Waals surface area contributed by atoms with Crippen molar-refractivity contribution in [2.45, 2.75) is 58.4 Å². The van der Waals surface area contributed by atoms with Gasteiger partial charge >= 0.3 is 0 Å². The molecular formula is C18H30N2O. The first-order valence-corrected chi connectivity index (χ1v) is 7.94. The first-order valence-electron chi connectivity index (χ1n) is 7.94. The fourth-order valence-electron chi connectivity index (χ4n) is 2.65. The van der Waals surface area contributed by atoms with E-state index in [1.54, 1.807) is 0 Å². The summed E-state index contributed by atoms with van der Waals surface area (Å²) in [5, 5.41) is 6.48. The number of hydrogen-bond acceptors (Lipinski definition) is 2. The van der Waals surface area contributed by atoms with Gasteiger partial charge < -0.3 is 10.6 Å². The fourth-order valence-corrected chi connectivity index (χ4v) is 2.65. The number of carbonyl (C=O) groups excluding carboxylic acids is 1. The molecule has 2 N–H and O–H groups in total. The second-order valence-corrected chi connectivity index (χ2v) is 6.59. The molecule has 0 spiro atoms. The van der Waals surface area contributed by atoms with E-state index in [9.17, 15) is 4.79 Å². The maximum absolute atomic E-state index is 12.7. The van der Waals surface area contributed by atoms with E-state index in [0.29, 0.717) is 6.54 Å². The van der Waals surface area contributed by atoms with Crippen LogP contribution >= 0.6 is 0 Å². The summed E-state index contributed by atoms with van der Waals surface area (Å²) in [5.74, 6) is 0.134. The van der Waals surface area contributed by atoms with Gasteiger partial charge in [0.25, 0.3) is 0 Å². The van der Waals surface area contributed by atoms with E-state index in [0.717, 1.165) is 24.9 Å². The monoisotopic (exact) mass is 290 g/mol. The number of rotatable bonds is 7. The van der Waals surface area contributed by atoms with Gasteiger partial charge in [0.15, 0.2) is 0 Å². The molecule has 0 saturated heterocycles. The maximum atomic E-state index is 12.7. The Hall–Kier alpha value is -1.35. The molecule has 0 heterocycles. The van der Waals surface area contributed by atoms with Crippen molar-refractivity contribution in [3.63, 3.8) is 0 Å². The summed E-state index contributed by atoms with van der Waals surface area (Å²) in [6.07, 6.45) is 1.62. The average molecular weight is 290 g/mol. The van der Waals surface area contributed by atoms with Crippen LogP contribution in [0, 0.1) is 0 Å². The standard InChI is InChI=1S/C18H30N2O/c1-6-18(7-2,15-11-9-8-10-12-15)16(21)19-13-14-20-17(3,4)5/h8-12,20H,6-7,13-14H2,1-5H3,(H,19,21). The minimum Gasteiger partial charge on any atom is -0.354 e. The Morgan fingerprint density at radius 2 is 1.57 bits per heavy atom. The lowest BCUT2D eigenvalue weighted by atomic mass is 9.75. The van der Waals surface area contributed by atoms with Crippen molar-refractivity contribution in [1.29, 1.82) is 0 Å². The summed E-state index contributed by atoms with van der Waals surface area (Å²) >= 11 is 0. The van der Waals surface area contributed by atoms with Gasteiger partial charge in [-0.05, 0) is 39.2 Å². The summed E-state index contributed by atoms with van der Waals surface area (Å²) in [5.41, 5.74) is 0.774. The number of nitrogens with one attached hydrogen (secondary N) is 2. The van der Waals surface area contributed by atoms with Gasteiger partial charge in [-0.15, -0.1) is 0 Å². The van der Waals surface area contributed by atoms with Crippen molar-refractivity contribution in [3.8, 4) is 0 Å². The quantitative estimate of drug-likeness (QED) is 0.757. The minimum atomic E-state index is -0.414. The Kier molecular flexibility index (Phi) is 6.41. The first kappa shape index (κ1) is 17.7. The third-order valence-electron chi connectivity index (χ3n) is 4.03. The molecule has 0 fully saturated rings. The third-order valence-corrected chi connectivity index (χ3v) is 4.03. The lowest BCUT2D eigenvalue weighted by molar-refractivity contribution is -0.127. The predicted molar refractivity (Wildman–Crippen MR) is 89.5 cm³/mol. The molecular weight excluding hydrogens is 260 g/mol. The first-order chi connectivity index (χ1) is 9.85. The lowest BCUT2D eigenvalue weighted by Crippen LogP contribution is -2.47. The second kappa shape index (κ2) is 7.60. The van der Waals surface area contributed by atoms with Crippen LogP contribution < -0.4 is 10.6 Å². The molecule has 3 nitrogen and oxygen atoms in total. The van der Waals surface area contributed by atoms with Crippen LogP contribution in [0.3, 0.4) is 0 Å². The zero-order valence-corrected chi connectivity index (χ0v) is 14.1. The molecule has 0 unspecified atom stereocenters. The van der Waals surface area contributed by atoms with Crippen LogP contribution in [0.15, 0.2) is 30.3 Å². The van der Waals surface area contributed by atoms with Gasteiger partial charge in [-0.2, -0.15) is 0 Å². The summed E-state index contributed by atoms with van der Waals surface area (Å²) < 4.78 is 0. The molecule has 0 saturated carbocycles. The van der Waals surface area contributed by atoms with Crippen molar-refractivity contribution < 1.29 is 4.79 Å². The van der Waals surface area contributed by atoms with Gasteiger partial charge in [-0.25, -0.2) is 0 Å². The molecule has 0 bridgehead atoms. The molecule has 0 aliphatic rings. The highest BCUT2D eigenvalue weighted by Gasteiger charge is 2.36. The zero-order chi connectivity index (χ0) is 15.9. The summed E-state index contributed by atoms with van der Waals surface area (Å²) in [4.78, 5) is 12.7. The Balaban J connectivity index is 2.71. The van der Waals surface area contributed by atoms with Gasteiger partial charge in [-0.1, -0.05) is 44.2 Å². The van der Waals surface area contributed by atoms with Gasteiger partial charge in [0, 0.05) is 18.6 Å². The molecule has 1 amide bonds. The third kappa shape index (κ3) is 4.85. The van der Waals surface area contributed by atoms with Crippen molar-refractivity contribution in [3.05, 3.63) is 35.9 Å². The van der Waals surface area contributed by atoms with Crippen LogP contribution in [0.4, 0.5) is 0 Å². The van der Waals surface area contributed by atoms with Crippen LogP contribution in [-0.4, -0.2) is 24.5 Å². The Morgan fingerprint density at radius 3 is 2.05 bits per heavy atom. The van der Waals surface area contributed by atoms with E-state index in [2.05, 4.69) is 57.4 Å². The largest absolute Gasteiger partial charge is 0.354 e. The highest BCUT2D eigenvalue weighted by Crippen LogP contribution is 2.31. The van der Waals surface area contributed by atoms with Crippen LogP contribution in [0.2, 0.25) is 0 Å². The molecule has 1 aromatic carbocycles. The highest BCUT2D eigenvalue weighted by atomic mass is 16.2. The van der Waals surface area contributed by atoms with Crippen LogP contribution in [0.5, 0.6) is 0 Å². The zero-order valence-electron chi connectivity index (χ0n) is 14.1. The SMILES string of the molecule is CCC(CC)(C(=O)NCCNC(C)(C)C)c1ccccc1. The summed E-state index contributed by atoms with van der Waals surface area (Å²) in [6, 6.07) is 10.1. The normalized spacial score (nSPS) is 12.2. The van der Waals surface area contributed by atoms with Crippen molar-refractivity contribution in [2.24, 2.45) is 0 Å². The van der Waals surface area contributed by atoms with Gasteiger partial charge in [0.1, 0.15) is 0 Å². The number of amides is 1. The number of carbonyl (C=O) groups is 1. The van der Waals surface area contributed by atoms with Crippen molar-refractivity contribution in [2.75, 3.05) is 13.1 Å². The smallest absolute Gasteiger partial charge is 0.230 e. The van der Waals surface area contributed by atoms with Gasteiger partial charge in [-0.3, -0.25) is 4.79 Å². The van der Waals surface area contributed by atoms with E-state index in [4.69, 9.17) is 0 Å². The van der Waals surface area contributed by atoms with Crippen LogP contribution in [-0.2, 0) is 10.2 Å². The molecule has 21 heavy (non-hydrogen) atoms. The van der Waals surface area contributed by atoms with Gasteiger partial charge in [0.2, 0.25) is 5.91 Å². The summed E-state index contributed by atoms with van der Waals surface area (Å²) in [6.45, 7) is 12.0. The van der Waals surface area contributed by atoms with Crippen LogP contribution in [0.1, 0.15) is 53.0 Å². The van der Waals surface area contributed by atoms with Crippen molar-refractivity contribution >= 4 is 5.91 Å². The van der Waals surface area contributed by atoms with Crippen LogP contribution in [0.25, 0.3) is 0 Å². The highest BCUT2D eigenvalue weighted by molar-refractivity contribution is 5.88. The lowest BCUT2D eigenvalue weighted by Gasteiger charge is -2.31. The van der Waals surface area contributed by atoms with E-state index in [1.165, 1.54) is 0 Å². The van der Waals surface area contributed by atoms with Crippen molar-refractivity contribution in [1.82, 2.24) is 10.6 Å². The molecule has 0 aliphatic carbocycles. The van der Waals surface area contributed by atoms with E-state index < -0.39 is 5.41 Å². The molecule has 0 aliphatic heterocycles. The molecule has 3 heteroatoms. The second-order valence-electron chi connectivity index (χ2n) is 6.59. The Bertz CT molecular complexity index is 430. The Morgan fingerprint density at radius 1 is 1.00 bits per heavy atom. The predicted octanol–water partition coefficient (Wildman–Crippen LogP) is 3.25. The average Bonchev–Trinajstić information content (AvgIpc) is 2.46. The molecule has 0 radical (unpaired) electrons. The van der Waals surface area contributed by atoms with E-state index >= 15 is 0 Å². The van der Waals surface area contributed by atoms with E-state index in [-0.39, 0.29) is 11.4 Å². The molecule has 118 valence electrons. The minimum absolute atomic E-state index is 0.0801. The number of benzene rings is 1. The van der Waals surface area contributed by atoms with Gasteiger partial charge in [0.05, 0.1) is 5.41 Å². The van der Waals surface area contributed by atoms with E-state index in [1.807, 2.05) is 18.2 Å². The molecule has 0 aromatic heterocycles. The Labute approximate surface area is 129 Å². The maximum Gasteiger partial charge on any atom is 0.230 e. The molecule has 1 aromatic rings. The number of hydrogen-bond donors (Lipinski definition) is 2. The molecule has 0 atom stereocenters. The summed E-state index contributed by atoms with van der Waals surface area (Å²) in [7, 11) is 0. The fraction of sp³-hybridized carbons (Fsp3) is 0.611. The topological polar surface area (TPSA) is 41.1 Å².